The van der Waals surface area contributed by atoms with Gasteiger partial charge in [0.2, 0.25) is 0 Å². The number of non-ortho nitro benzene ring substituents is 1. The van der Waals surface area contributed by atoms with E-state index in [-0.39, 0.29) is 35.4 Å². The van der Waals surface area contributed by atoms with E-state index in [4.69, 9.17) is 13.9 Å². The molecule has 0 saturated heterocycles. The summed E-state index contributed by atoms with van der Waals surface area (Å²) >= 11 is 0. The first-order valence-electron chi connectivity index (χ1n) is 9.47. The lowest BCUT2D eigenvalue weighted by molar-refractivity contribution is -0.384. The molecule has 0 aliphatic carbocycles. The Balaban J connectivity index is 2.11. The van der Waals surface area contributed by atoms with Gasteiger partial charge >= 0.3 is 17.7 Å². The van der Waals surface area contributed by atoms with Crippen LogP contribution in [0.2, 0.25) is 0 Å². The summed E-state index contributed by atoms with van der Waals surface area (Å²) in [6.45, 7) is 0. The number of carbonyl (C=O) groups excluding carboxylic acids is 2. The average Bonchev–Trinajstić information content (AvgIpc) is 2.75. The molecule has 2 aromatic carbocycles. The molecule has 10 heteroatoms. The fourth-order valence-electron chi connectivity index (χ4n) is 3.12. The molecule has 0 saturated carbocycles. The number of nitro groups is 1. The number of benzene rings is 2. The van der Waals surface area contributed by atoms with Crippen LogP contribution in [0.5, 0.6) is 5.75 Å². The van der Waals surface area contributed by atoms with Crippen molar-refractivity contribution < 1.29 is 28.4 Å². The average molecular weight is 440 g/mol. The van der Waals surface area contributed by atoms with Gasteiger partial charge in [-0.25, -0.2) is 9.59 Å². The molecule has 166 valence electrons. The third-order valence-corrected chi connectivity index (χ3v) is 4.71. The van der Waals surface area contributed by atoms with Crippen molar-refractivity contribution in [3.05, 3.63) is 79.7 Å². The highest BCUT2D eigenvalue weighted by Gasteiger charge is 2.20. The lowest BCUT2D eigenvalue weighted by Crippen LogP contribution is -2.25. The van der Waals surface area contributed by atoms with Crippen LogP contribution in [0, 0.1) is 10.1 Å². The van der Waals surface area contributed by atoms with Crippen molar-refractivity contribution in [3.8, 4) is 5.75 Å². The van der Waals surface area contributed by atoms with Gasteiger partial charge in [-0.3, -0.25) is 14.9 Å². The van der Waals surface area contributed by atoms with Crippen molar-refractivity contribution in [3.63, 3.8) is 0 Å². The number of ether oxygens (including phenoxy) is 2. The van der Waals surface area contributed by atoms with Crippen LogP contribution in [0.25, 0.3) is 11.0 Å². The summed E-state index contributed by atoms with van der Waals surface area (Å²) in [7, 11) is 4.28. The van der Waals surface area contributed by atoms with E-state index < -0.39 is 22.6 Å². The van der Waals surface area contributed by atoms with Gasteiger partial charge in [-0.2, -0.15) is 0 Å². The zero-order valence-corrected chi connectivity index (χ0v) is 17.6. The summed E-state index contributed by atoms with van der Waals surface area (Å²) < 4.78 is 15.4. The maximum Gasteiger partial charge on any atom is 0.414 e. The molecule has 3 rings (SSSR count). The molecule has 0 spiro atoms. The maximum atomic E-state index is 12.8. The van der Waals surface area contributed by atoms with Crippen molar-refractivity contribution in [2.24, 2.45) is 0 Å². The Hall–Kier alpha value is -4.21. The van der Waals surface area contributed by atoms with Crippen LogP contribution in [0.4, 0.5) is 10.5 Å². The molecule has 3 aromatic rings. The number of hydrogen-bond donors (Lipinski definition) is 0. The van der Waals surface area contributed by atoms with E-state index in [9.17, 15) is 24.5 Å². The normalized spacial score (nSPS) is 10.6. The monoisotopic (exact) mass is 440 g/mol. The predicted molar refractivity (Wildman–Crippen MR) is 114 cm³/mol. The van der Waals surface area contributed by atoms with Gasteiger partial charge in [0.15, 0.2) is 0 Å². The summed E-state index contributed by atoms with van der Waals surface area (Å²) in [5.41, 5.74) is 0.365. The molecule has 0 fully saturated rings. The van der Waals surface area contributed by atoms with Crippen LogP contribution >= 0.6 is 0 Å². The minimum atomic E-state index is -0.709. The number of nitro benzene ring substituents is 1. The first-order valence-corrected chi connectivity index (χ1v) is 9.47. The number of methoxy groups -OCH3 is 1. The van der Waals surface area contributed by atoms with Gasteiger partial charge in [0.25, 0.3) is 5.69 Å². The number of hydrogen-bond acceptors (Lipinski definition) is 8. The van der Waals surface area contributed by atoms with Gasteiger partial charge in [0.1, 0.15) is 11.3 Å². The van der Waals surface area contributed by atoms with E-state index in [2.05, 4.69) is 0 Å². The third kappa shape index (κ3) is 4.91. The van der Waals surface area contributed by atoms with Crippen LogP contribution in [0.1, 0.15) is 16.7 Å². The lowest BCUT2D eigenvalue weighted by Gasteiger charge is -2.13. The molecule has 0 bridgehead atoms. The van der Waals surface area contributed by atoms with Crippen molar-refractivity contribution in [2.75, 3.05) is 21.2 Å². The summed E-state index contributed by atoms with van der Waals surface area (Å²) in [5, 5.41) is 11.5. The van der Waals surface area contributed by atoms with Gasteiger partial charge < -0.3 is 18.8 Å². The Morgan fingerprint density at radius 1 is 1.12 bits per heavy atom. The first kappa shape index (κ1) is 22.5. The van der Waals surface area contributed by atoms with E-state index in [0.717, 1.165) is 0 Å². The molecule has 1 aromatic heterocycles. The number of nitrogens with zero attached hydrogens (tertiary/aromatic N) is 2. The van der Waals surface area contributed by atoms with E-state index in [1.165, 1.54) is 56.4 Å². The number of amides is 1. The molecule has 0 unspecified atom stereocenters. The fraction of sp³-hybridized carbons (Fsp3) is 0.227. The van der Waals surface area contributed by atoms with Gasteiger partial charge in [-0.1, -0.05) is 12.1 Å². The Bertz CT molecular complexity index is 1260. The summed E-state index contributed by atoms with van der Waals surface area (Å²) in [4.78, 5) is 48.5. The Kier molecular flexibility index (Phi) is 6.53. The Morgan fingerprint density at radius 3 is 2.53 bits per heavy atom. The largest absolute Gasteiger partial charge is 0.469 e. The summed E-state index contributed by atoms with van der Waals surface area (Å²) in [5.74, 6) is -0.407. The first-order chi connectivity index (χ1) is 15.2. The quantitative estimate of drug-likeness (QED) is 0.247. The summed E-state index contributed by atoms with van der Waals surface area (Å²) in [6.07, 6.45) is -0.799. The van der Waals surface area contributed by atoms with E-state index in [1.807, 2.05) is 0 Å². The van der Waals surface area contributed by atoms with Crippen molar-refractivity contribution in [1.29, 1.82) is 0 Å². The predicted octanol–water partition coefficient (Wildman–Crippen LogP) is 3.07. The molecule has 32 heavy (non-hydrogen) atoms. The third-order valence-electron chi connectivity index (χ3n) is 4.71. The van der Waals surface area contributed by atoms with Crippen molar-refractivity contribution in [2.45, 2.75) is 12.8 Å². The van der Waals surface area contributed by atoms with Crippen LogP contribution in [0.3, 0.4) is 0 Å². The SMILES string of the molecule is COC(=O)Cc1c(Cc2cccc([N+](=O)[O-])c2)c(=O)oc2cc(OC(=O)N(C)C)ccc12. The molecular weight excluding hydrogens is 420 g/mol. The van der Waals surface area contributed by atoms with Gasteiger partial charge in [0, 0.05) is 49.7 Å². The molecule has 10 nitrogen and oxygen atoms in total. The second kappa shape index (κ2) is 9.29. The van der Waals surface area contributed by atoms with Gasteiger partial charge in [-0.05, 0) is 23.3 Å². The van der Waals surface area contributed by atoms with Crippen LogP contribution in [0.15, 0.2) is 51.7 Å². The van der Waals surface area contributed by atoms with Crippen LogP contribution in [-0.4, -0.2) is 43.1 Å². The Labute approximate surface area is 182 Å². The van der Waals surface area contributed by atoms with Gasteiger partial charge in [-0.15, -0.1) is 0 Å². The van der Waals surface area contributed by atoms with Crippen molar-refractivity contribution >= 4 is 28.7 Å². The van der Waals surface area contributed by atoms with Crippen LogP contribution in [-0.2, 0) is 22.4 Å². The molecule has 1 heterocycles. The highest BCUT2D eigenvalue weighted by molar-refractivity contribution is 5.87. The molecular formula is C22H20N2O8. The standard InChI is InChI=1S/C22H20N2O8/c1-23(2)22(27)31-15-7-8-16-17(12-20(25)30-3)18(21(26)32-19(16)11-15)10-13-5-4-6-14(9-13)24(28)29/h4-9,11H,10,12H2,1-3H3. The minimum absolute atomic E-state index is 0.0175. The number of fused-ring (bicyclic) bond motifs is 1. The smallest absolute Gasteiger partial charge is 0.414 e. The topological polar surface area (TPSA) is 129 Å². The second-order valence-electron chi connectivity index (χ2n) is 7.12. The highest BCUT2D eigenvalue weighted by Crippen LogP contribution is 2.27. The van der Waals surface area contributed by atoms with E-state index in [0.29, 0.717) is 16.5 Å². The van der Waals surface area contributed by atoms with Crippen molar-refractivity contribution in [1.82, 2.24) is 4.90 Å². The molecule has 0 N–H and O–H groups in total. The highest BCUT2D eigenvalue weighted by atomic mass is 16.6. The number of rotatable bonds is 6. The lowest BCUT2D eigenvalue weighted by atomic mass is 9.96. The van der Waals surface area contributed by atoms with Crippen LogP contribution < -0.4 is 10.4 Å². The maximum absolute atomic E-state index is 12.8. The Morgan fingerprint density at radius 2 is 1.88 bits per heavy atom. The molecule has 1 amide bonds. The zero-order chi connectivity index (χ0) is 23.4. The molecule has 0 aliphatic rings. The van der Waals surface area contributed by atoms with E-state index >= 15 is 0 Å². The molecule has 0 aliphatic heterocycles. The minimum Gasteiger partial charge on any atom is -0.469 e. The van der Waals surface area contributed by atoms with Gasteiger partial charge in [0.05, 0.1) is 18.5 Å². The zero-order valence-electron chi connectivity index (χ0n) is 17.6. The number of carbonyl (C=O) groups is 2. The fourth-order valence-corrected chi connectivity index (χ4v) is 3.12. The molecule has 0 atom stereocenters. The summed E-state index contributed by atoms with van der Waals surface area (Å²) in [6, 6.07) is 10.3. The molecule has 0 radical (unpaired) electrons. The van der Waals surface area contributed by atoms with E-state index in [1.54, 1.807) is 12.1 Å². The number of esters is 1. The second-order valence-corrected chi connectivity index (χ2v) is 7.12.